The molecular formula is C22H26N4O3. The molecule has 29 heavy (non-hydrogen) atoms. The molecule has 0 fully saturated rings. The number of anilines is 1. The van der Waals surface area contributed by atoms with E-state index in [0.717, 1.165) is 17.7 Å². The van der Waals surface area contributed by atoms with E-state index in [2.05, 4.69) is 15.7 Å². The molecule has 0 aliphatic carbocycles. The van der Waals surface area contributed by atoms with Crippen LogP contribution in [0.25, 0.3) is 0 Å². The molecule has 1 unspecified atom stereocenters. The van der Waals surface area contributed by atoms with E-state index in [1.54, 1.807) is 25.0 Å². The van der Waals surface area contributed by atoms with Gasteiger partial charge in [-0.15, -0.1) is 0 Å². The van der Waals surface area contributed by atoms with Crippen molar-refractivity contribution in [2.24, 2.45) is 7.05 Å². The van der Waals surface area contributed by atoms with Gasteiger partial charge in [0, 0.05) is 31.6 Å². The number of rotatable bonds is 9. The average molecular weight is 394 g/mol. The topological polar surface area (TPSA) is 77.4 Å². The summed E-state index contributed by atoms with van der Waals surface area (Å²) < 4.78 is 12.6. The number of aromatic nitrogens is 2. The first-order chi connectivity index (χ1) is 14.1. The van der Waals surface area contributed by atoms with Crippen LogP contribution in [0.3, 0.4) is 0 Å². The second-order valence-corrected chi connectivity index (χ2v) is 6.67. The van der Waals surface area contributed by atoms with E-state index in [9.17, 15) is 4.79 Å². The predicted octanol–water partition coefficient (Wildman–Crippen LogP) is 3.30. The number of hydrogen-bond acceptors (Lipinski definition) is 5. The molecule has 0 spiro atoms. The van der Waals surface area contributed by atoms with Crippen molar-refractivity contribution in [3.05, 3.63) is 72.1 Å². The van der Waals surface area contributed by atoms with E-state index in [-0.39, 0.29) is 5.91 Å². The third-order valence-electron chi connectivity index (χ3n) is 4.48. The summed E-state index contributed by atoms with van der Waals surface area (Å²) in [6.45, 7) is 0.697. The first-order valence-corrected chi connectivity index (χ1v) is 9.41. The van der Waals surface area contributed by atoms with Gasteiger partial charge in [0.1, 0.15) is 17.5 Å². The minimum atomic E-state index is -0.476. The molecule has 2 aromatic carbocycles. The Morgan fingerprint density at radius 1 is 1.10 bits per heavy atom. The number of nitrogens with one attached hydrogen (secondary N) is 2. The number of benzene rings is 2. The maximum absolute atomic E-state index is 12.6. The summed E-state index contributed by atoms with van der Waals surface area (Å²) in [6.07, 6.45) is 4.37. The molecule has 1 amide bonds. The number of methoxy groups -OCH3 is 1. The van der Waals surface area contributed by atoms with Gasteiger partial charge >= 0.3 is 0 Å². The van der Waals surface area contributed by atoms with Crippen molar-refractivity contribution in [3.8, 4) is 11.5 Å². The highest BCUT2D eigenvalue weighted by Gasteiger charge is 2.20. The number of nitrogens with zero attached hydrogens (tertiary/aromatic N) is 2. The lowest BCUT2D eigenvalue weighted by Gasteiger charge is -2.15. The number of aryl methyl sites for hydroxylation is 1. The predicted molar refractivity (Wildman–Crippen MR) is 112 cm³/mol. The zero-order valence-corrected chi connectivity index (χ0v) is 16.9. The van der Waals surface area contributed by atoms with Crippen LogP contribution >= 0.6 is 0 Å². The van der Waals surface area contributed by atoms with Crippen molar-refractivity contribution >= 4 is 11.6 Å². The fourth-order valence-corrected chi connectivity index (χ4v) is 2.94. The maximum atomic E-state index is 12.6. The first kappa shape index (κ1) is 20.6. The lowest BCUT2D eigenvalue weighted by Crippen LogP contribution is -2.30. The van der Waals surface area contributed by atoms with Gasteiger partial charge in [-0.3, -0.25) is 9.48 Å². The zero-order valence-electron chi connectivity index (χ0n) is 16.9. The molecular weight excluding hydrogens is 368 g/mol. The molecule has 7 heteroatoms. The quantitative estimate of drug-likeness (QED) is 0.582. The van der Waals surface area contributed by atoms with Gasteiger partial charge in [-0.1, -0.05) is 12.1 Å². The van der Waals surface area contributed by atoms with Crippen LogP contribution in [-0.2, 0) is 23.0 Å². The lowest BCUT2D eigenvalue weighted by molar-refractivity contribution is -0.118. The smallest absolute Gasteiger partial charge is 0.246 e. The Hall–Kier alpha value is -3.16. The van der Waals surface area contributed by atoms with E-state index in [4.69, 9.17) is 9.47 Å². The molecule has 1 atom stereocenters. The summed E-state index contributed by atoms with van der Waals surface area (Å²) in [5.41, 5.74) is 2.70. The fraction of sp³-hybridized carbons (Fsp3) is 0.273. The number of amides is 1. The Bertz CT molecular complexity index is 920. The number of carbonyl (C=O) groups is 1. The van der Waals surface area contributed by atoms with Crippen LogP contribution < -0.4 is 15.4 Å². The molecule has 0 saturated heterocycles. The minimum absolute atomic E-state index is 0.152. The highest BCUT2D eigenvalue weighted by molar-refractivity contribution is 5.95. The second-order valence-electron chi connectivity index (χ2n) is 6.67. The van der Waals surface area contributed by atoms with E-state index < -0.39 is 6.04 Å². The van der Waals surface area contributed by atoms with Crippen molar-refractivity contribution in [1.82, 2.24) is 15.1 Å². The van der Waals surface area contributed by atoms with Crippen LogP contribution in [0.15, 0.2) is 60.9 Å². The van der Waals surface area contributed by atoms with E-state index in [1.165, 1.54) is 5.56 Å². The highest BCUT2D eigenvalue weighted by atomic mass is 16.5. The van der Waals surface area contributed by atoms with Gasteiger partial charge in [-0.05, 0) is 55.4 Å². The molecule has 3 rings (SSSR count). The van der Waals surface area contributed by atoms with Crippen LogP contribution in [0.2, 0.25) is 0 Å². The van der Waals surface area contributed by atoms with Crippen LogP contribution in [0.1, 0.15) is 17.2 Å². The van der Waals surface area contributed by atoms with Crippen molar-refractivity contribution in [3.63, 3.8) is 0 Å². The van der Waals surface area contributed by atoms with Crippen molar-refractivity contribution in [2.45, 2.75) is 12.5 Å². The number of carbonyl (C=O) groups excluding carboxylic acids is 1. The Kier molecular flexibility index (Phi) is 6.99. The molecule has 3 aromatic rings. The zero-order chi connectivity index (χ0) is 20.6. The molecule has 152 valence electrons. The van der Waals surface area contributed by atoms with E-state index in [1.807, 2.05) is 61.8 Å². The summed E-state index contributed by atoms with van der Waals surface area (Å²) in [5.74, 6) is 1.31. The van der Waals surface area contributed by atoms with Crippen LogP contribution in [0.5, 0.6) is 11.5 Å². The Balaban J connectivity index is 1.58. The summed E-state index contributed by atoms with van der Waals surface area (Å²) in [7, 11) is 5.26. The van der Waals surface area contributed by atoms with Gasteiger partial charge in [0.15, 0.2) is 0 Å². The third kappa shape index (κ3) is 5.66. The van der Waals surface area contributed by atoms with Crippen LogP contribution in [0, 0.1) is 0 Å². The van der Waals surface area contributed by atoms with Crippen molar-refractivity contribution < 1.29 is 14.3 Å². The molecule has 0 aliphatic rings. The Morgan fingerprint density at radius 3 is 2.31 bits per heavy atom. The highest BCUT2D eigenvalue weighted by Crippen LogP contribution is 2.24. The summed E-state index contributed by atoms with van der Waals surface area (Å²) in [6, 6.07) is 14.7. The van der Waals surface area contributed by atoms with Gasteiger partial charge in [-0.25, -0.2) is 0 Å². The molecule has 0 saturated carbocycles. The van der Waals surface area contributed by atoms with Gasteiger partial charge in [0.2, 0.25) is 5.91 Å². The molecule has 0 aliphatic heterocycles. The Labute approximate surface area is 170 Å². The van der Waals surface area contributed by atoms with Gasteiger partial charge in [-0.2, -0.15) is 5.10 Å². The monoisotopic (exact) mass is 394 g/mol. The third-order valence-corrected chi connectivity index (χ3v) is 4.48. The molecule has 7 nitrogen and oxygen atoms in total. The molecule has 0 radical (unpaired) electrons. The SMILES string of the molecule is CNC(C(=O)Nc1ccc(Oc2ccc(CCOC)cc2)cc1)c1cnn(C)c1. The first-order valence-electron chi connectivity index (χ1n) is 9.41. The Morgan fingerprint density at radius 2 is 1.76 bits per heavy atom. The van der Waals surface area contributed by atoms with E-state index >= 15 is 0 Å². The van der Waals surface area contributed by atoms with Crippen molar-refractivity contribution in [1.29, 1.82) is 0 Å². The average Bonchev–Trinajstić information content (AvgIpc) is 3.15. The second kappa shape index (κ2) is 9.86. The molecule has 1 aromatic heterocycles. The molecule has 1 heterocycles. The van der Waals surface area contributed by atoms with E-state index in [0.29, 0.717) is 18.0 Å². The number of hydrogen-bond donors (Lipinski definition) is 2. The summed E-state index contributed by atoms with van der Waals surface area (Å²) in [4.78, 5) is 12.6. The summed E-state index contributed by atoms with van der Waals surface area (Å²) >= 11 is 0. The van der Waals surface area contributed by atoms with Gasteiger partial charge in [0.05, 0.1) is 12.8 Å². The maximum Gasteiger partial charge on any atom is 0.246 e. The normalized spacial score (nSPS) is 11.8. The van der Waals surface area contributed by atoms with Gasteiger partial charge < -0.3 is 20.1 Å². The van der Waals surface area contributed by atoms with Crippen LogP contribution in [0.4, 0.5) is 5.69 Å². The van der Waals surface area contributed by atoms with Crippen molar-refractivity contribution in [2.75, 3.05) is 26.1 Å². The summed E-state index contributed by atoms with van der Waals surface area (Å²) in [5, 5.41) is 10.0. The molecule has 0 bridgehead atoms. The van der Waals surface area contributed by atoms with Crippen LogP contribution in [-0.4, -0.2) is 36.5 Å². The fourth-order valence-electron chi connectivity index (χ4n) is 2.94. The molecule has 2 N–H and O–H groups in total. The number of ether oxygens (including phenoxy) is 2. The lowest BCUT2D eigenvalue weighted by atomic mass is 10.1. The number of likely N-dealkylation sites (N-methyl/N-ethyl adjacent to an activating group) is 1. The van der Waals surface area contributed by atoms with Gasteiger partial charge in [0.25, 0.3) is 0 Å². The standard InChI is InChI=1S/C22H26N4O3/c1-23-21(17-14-24-26(2)15-17)22(27)25-18-6-10-20(11-7-18)29-19-8-4-16(5-9-19)12-13-28-3/h4-11,14-15,21,23H,12-13H2,1-3H3,(H,25,27). The largest absolute Gasteiger partial charge is 0.457 e. The minimum Gasteiger partial charge on any atom is -0.457 e.